The fourth-order valence-corrected chi connectivity index (χ4v) is 3.13. The van der Waals surface area contributed by atoms with Crippen molar-refractivity contribution in [1.29, 1.82) is 0 Å². The SMILES string of the molecule is COc1cc(NC(=O)C2CCCCC2C(F)(F)F)ccc1NC(C)=O. The summed E-state index contributed by atoms with van der Waals surface area (Å²) in [6, 6.07) is 4.50. The van der Waals surface area contributed by atoms with E-state index in [-0.39, 0.29) is 18.7 Å². The Bertz CT molecular complexity index is 647. The second kappa shape index (κ2) is 7.76. The van der Waals surface area contributed by atoms with Gasteiger partial charge in [0.15, 0.2) is 0 Å². The first-order valence-electron chi connectivity index (χ1n) is 8.05. The van der Waals surface area contributed by atoms with E-state index >= 15 is 0 Å². The van der Waals surface area contributed by atoms with Crippen LogP contribution in [0.15, 0.2) is 18.2 Å². The van der Waals surface area contributed by atoms with Gasteiger partial charge in [0.25, 0.3) is 0 Å². The lowest BCUT2D eigenvalue weighted by Crippen LogP contribution is -2.39. The van der Waals surface area contributed by atoms with Gasteiger partial charge in [0, 0.05) is 24.6 Å². The molecular weight excluding hydrogens is 337 g/mol. The maximum atomic E-state index is 13.1. The lowest BCUT2D eigenvalue weighted by molar-refractivity contribution is -0.197. The molecule has 2 N–H and O–H groups in total. The van der Waals surface area contributed by atoms with Gasteiger partial charge >= 0.3 is 6.18 Å². The average molecular weight is 358 g/mol. The smallest absolute Gasteiger partial charge is 0.392 e. The number of carbonyl (C=O) groups is 2. The van der Waals surface area contributed by atoms with Gasteiger partial charge in [-0.2, -0.15) is 13.2 Å². The number of amides is 2. The Labute approximate surface area is 143 Å². The number of anilines is 2. The molecule has 138 valence electrons. The molecule has 0 saturated heterocycles. The number of halogens is 3. The van der Waals surface area contributed by atoms with Crippen LogP contribution in [0.3, 0.4) is 0 Å². The van der Waals surface area contributed by atoms with Gasteiger partial charge in [-0.15, -0.1) is 0 Å². The molecule has 1 saturated carbocycles. The number of alkyl halides is 3. The molecule has 0 spiro atoms. The van der Waals surface area contributed by atoms with Crippen LogP contribution in [-0.2, 0) is 9.59 Å². The van der Waals surface area contributed by atoms with Crippen molar-refractivity contribution in [3.63, 3.8) is 0 Å². The minimum Gasteiger partial charge on any atom is -0.494 e. The van der Waals surface area contributed by atoms with Crippen molar-refractivity contribution in [3.05, 3.63) is 18.2 Å². The zero-order chi connectivity index (χ0) is 18.6. The molecule has 1 aliphatic rings. The third kappa shape index (κ3) is 4.87. The summed E-state index contributed by atoms with van der Waals surface area (Å²) in [4.78, 5) is 23.5. The summed E-state index contributed by atoms with van der Waals surface area (Å²) < 4.78 is 44.6. The summed E-state index contributed by atoms with van der Waals surface area (Å²) in [5.41, 5.74) is 0.737. The van der Waals surface area contributed by atoms with Gasteiger partial charge in [-0.25, -0.2) is 0 Å². The molecule has 2 atom stereocenters. The van der Waals surface area contributed by atoms with E-state index in [4.69, 9.17) is 4.74 Å². The monoisotopic (exact) mass is 358 g/mol. The Kier molecular flexibility index (Phi) is 5.92. The highest BCUT2D eigenvalue weighted by atomic mass is 19.4. The molecule has 2 amide bonds. The number of hydrogen-bond acceptors (Lipinski definition) is 3. The van der Waals surface area contributed by atoms with E-state index in [0.717, 1.165) is 0 Å². The second-order valence-electron chi connectivity index (χ2n) is 6.12. The number of ether oxygens (including phenoxy) is 1. The van der Waals surface area contributed by atoms with Crippen LogP contribution in [0.5, 0.6) is 5.75 Å². The fourth-order valence-electron chi connectivity index (χ4n) is 3.13. The van der Waals surface area contributed by atoms with Gasteiger partial charge in [0.05, 0.1) is 18.7 Å². The number of carbonyl (C=O) groups excluding carboxylic acids is 2. The molecule has 5 nitrogen and oxygen atoms in total. The summed E-state index contributed by atoms with van der Waals surface area (Å²) in [5, 5.41) is 5.11. The standard InChI is InChI=1S/C17H21F3N2O3/c1-10(23)21-14-8-7-11(9-15(14)25-2)22-16(24)12-5-3-4-6-13(12)17(18,19)20/h7-9,12-13H,3-6H2,1-2H3,(H,21,23)(H,22,24). The molecule has 0 radical (unpaired) electrons. The largest absolute Gasteiger partial charge is 0.494 e. The predicted molar refractivity (Wildman–Crippen MR) is 87.4 cm³/mol. The van der Waals surface area contributed by atoms with Crippen LogP contribution < -0.4 is 15.4 Å². The van der Waals surface area contributed by atoms with Crippen molar-refractivity contribution in [2.75, 3.05) is 17.7 Å². The lowest BCUT2D eigenvalue weighted by Gasteiger charge is -2.32. The van der Waals surface area contributed by atoms with E-state index in [1.165, 1.54) is 32.2 Å². The van der Waals surface area contributed by atoms with Gasteiger partial charge in [-0.1, -0.05) is 12.8 Å². The zero-order valence-corrected chi connectivity index (χ0v) is 14.1. The highest BCUT2D eigenvalue weighted by molar-refractivity contribution is 5.95. The summed E-state index contributed by atoms with van der Waals surface area (Å²) in [5.74, 6) is -3.32. The number of rotatable bonds is 4. The molecule has 0 aromatic heterocycles. The average Bonchev–Trinajstić information content (AvgIpc) is 2.55. The second-order valence-corrected chi connectivity index (χ2v) is 6.12. The number of benzene rings is 1. The van der Waals surface area contributed by atoms with E-state index in [1.807, 2.05) is 0 Å². The summed E-state index contributed by atoms with van der Waals surface area (Å²) in [6.07, 6.45) is -3.10. The summed E-state index contributed by atoms with van der Waals surface area (Å²) >= 11 is 0. The molecule has 1 fully saturated rings. The maximum absolute atomic E-state index is 13.1. The Morgan fingerprint density at radius 1 is 1.16 bits per heavy atom. The first kappa shape index (κ1) is 19.1. The topological polar surface area (TPSA) is 67.4 Å². The van der Waals surface area contributed by atoms with Crippen molar-refractivity contribution in [1.82, 2.24) is 0 Å². The van der Waals surface area contributed by atoms with E-state index in [2.05, 4.69) is 10.6 Å². The van der Waals surface area contributed by atoms with Crippen LogP contribution in [0.25, 0.3) is 0 Å². The van der Waals surface area contributed by atoms with Crippen LogP contribution in [0.1, 0.15) is 32.6 Å². The molecule has 1 aliphatic carbocycles. The predicted octanol–water partition coefficient (Wildman–Crippen LogP) is 3.96. The van der Waals surface area contributed by atoms with Crippen molar-refractivity contribution in [3.8, 4) is 5.75 Å². The Morgan fingerprint density at radius 3 is 2.44 bits per heavy atom. The Balaban J connectivity index is 2.15. The molecule has 1 aromatic carbocycles. The van der Waals surface area contributed by atoms with Crippen LogP contribution >= 0.6 is 0 Å². The first-order chi connectivity index (χ1) is 11.7. The molecule has 25 heavy (non-hydrogen) atoms. The molecule has 0 bridgehead atoms. The Morgan fingerprint density at radius 2 is 1.84 bits per heavy atom. The van der Waals surface area contributed by atoms with Crippen molar-refractivity contribution in [2.24, 2.45) is 11.8 Å². The van der Waals surface area contributed by atoms with E-state index in [1.54, 1.807) is 0 Å². The van der Waals surface area contributed by atoms with Crippen molar-refractivity contribution >= 4 is 23.2 Å². The highest BCUT2D eigenvalue weighted by Gasteiger charge is 2.48. The minimum absolute atomic E-state index is 0.0215. The van der Waals surface area contributed by atoms with E-state index < -0.39 is 23.9 Å². The van der Waals surface area contributed by atoms with Crippen molar-refractivity contribution < 1.29 is 27.5 Å². The first-order valence-corrected chi connectivity index (χ1v) is 8.05. The van der Waals surface area contributed by atoms with Crippen LogP contribution in [0.4, 0.5) is 24.5 Å². The highest BCUT2D eigenvalue weighted by Crippen LogP contribution is 2.42. The number of hydrogen-bond donors (Lipinski definition) is 2. The molecular formula is C17H21F3N2O3. The third-order valence-corrected chi connectivity index (χ3v) is 4.30. The van der Waals surface area contributed by atoms with Crippen LogP contribution in [0, 0.1) is 11.8 Å². The molecule has 0 aliphatic heterocycles. The molecule has 2 unspecified atom stereocenters. The van der Waals surface area contributed by atoms with Gasteiger partial charge in [-0.05, 0) is 25.0 Å². The Hall–Kier alpha value is -2.25. The summed E-state index contributed by atoms with van der Waals surface area (Å²) in [6.45, 7) is 1.34. The van der Waals surface area contributed by atoms with E-state index in [9.17, 15) is 22.8 Å². The van der Waals surface area contributed by atoms with Crippen LogP contribution in [0.2, 0.25) is 0 Å². The zero-order valence-electron chi connectivity index (χ0n) is 14.1. The van der Waals surface area contributed by atoms with E-state index in [0.29, 0.717) is 30.0 Å². The molecule has 1 aromatic rings. The van der Waals surface area contributed by atoms with Gasteiger partial charge in [0.1, 0.15) is 5.75 Å². The molecule has 2 rings (SSSR count). The quantitative estimate of drug-likeness (QED) is 0.856. The number of nitrogens with one attached hydrogen (secondary N) is 2. The summed E-state index contributed by atoms with van der Waals surface area (Å²) in [7, 11) is 1.40. The third-order valence-electron chi connectivity index (χ3n) is 4.30. The molecule has 8 heteroatoms. The number of methoxy groups -OCH3 is 1. The van der Waals surface area contributed by atoms with Gasteiger partial charge < -0.3 is 15.4 Å². The minimum atomic E-state index is -4.38. The maximum Gasteiger partial charge on any atom is 0.392 e. The normalized spacial score (nSPS) is 20.7. The van der Waals surface area contributed by atoms with Crippen molar-refractivity contribution in [2.45, 2.75) is 38.8 Å². The van der Waals surface area contributed by atoms with Crippen LogP contribution in [-0.4, -0.2) is 25.1 Å². The fraction of sp³-hybridized carbons (Fsp3) is 0.529. The lowest BCUT2D eigenvalue weighted by atomic mass is 9.78. The molecule has 0 heterocycles. The van der Waals surface area contributed by atoms with Gasteiger partial charge in [0.2, 0.25) is 11.8 Å². The van der Waals surface area contributed by atoms with Gasteiger partial charge in [-0.3, -0.25) is 9.59 Å².